The SMILES string of the molecule is O=[N+]([O-])c1cccc(-c2nc3ccc(Br)cn3c2NC2CCCC2)c1. The number of fused-ring (bicyclic) bond motifs is 1. The molecule has 3 aromatic rings. The van der Waals surface area contributed by atoms with Crippen LogP contribution in [0, 0.1) is 10.1 Å². The number of anilines is 1. The summed E-state index contributed by atoms with van der Waals surface area (Å²) in [6.45, 7) is 0. The fourth-order valence-corrected chi connectivity index (χ4v) is 3.73. The number of pyridine rings is 1. The maximum atomic E-state index is 11.1. The van der Waals surface area contributed by atoms with Crippen LogP contribution in [0.3, 0.4) is 0 Å². The van der Waals surface area contributed by atoms with Gasteiger partial charge in [-0.05, 0) is 40.9 Å². The summed E-state index contributed by atoms with van der Waals surface area (Å²) in [5.74, 6) is 0.892. The van der Waals surface area contributed by atoms with E-state index in [0.29, 0.717) is 6.04 Å². The Morgan fingerprint density at radius 2 is 2.04 bits per heavy atom. The number of nitrogens with zero attached hydrogens (tertiary/aromatic N) is 3. The highest BCUT2D eigenvalue weighted by atomic mass is 79.9. The molecule has 4 rings (SSSR count). The Balaban J connectivity index is 1.86. The Bertz CT molecular complexity index is 947. The highest BCUT2D eigenvalue weighted by Gasteiger charge is 2.21. The number of hydrogen-bond acceptors (Lipinski definition) is 4. The first-order chi connectivity index (χ1) is 12.1. The first-order valence-corrected chi connectivity index (χ1v) is 9.10. The highest BCUT2D eigenvalue weighted by molar-refractivity contribution is 9.10. The van der Waals surface area contributed by atoms with Gasteiger partial charge in [0.25, 0.3) is 5.69 Å². The minimum Gasteiger partial charge on any atom is -0.367 e. The van der Waals surface area contributed by atoms with E-state index in [-0.39, 0.29) is 10.6 Å². The molecule has 1 saturated carbocycles. The molecule has 0 aliphatic heterocycles. The average molecular weight is 401 g/mol. The highest BCUT2D eigenvalue weighted by Crippen LogP contribution is 2.33. The maximum Gasteiger partial charge on any atom is 0.270 e. The number of hydrogen-bond donors (Lipinski definition) is 1. The van der Waals surface area contributed by atoms with Gasteiger partial charge in [0.1, 0.15) is 17.2 Å². The molecule has 0 bridgehead atoms. The molecule has 1 aliphatic rings. The zero-order chi connectivity index (χ0) is 17.4. The van der Waals surface area contributed by atoms with Crippen molar-refractivity contribution >= 4 is 33.1 Å². The van der Waals surface area contributed by atoms with Gasteiger partial charge in [-0.2, -0.15) is 0 Å². The number of nitrogens with one attached hydrogen (secondary N) is 1. The van der Waals surface area contributed by atoms with E-state index in [2.05, 4.69) is 21.2 Å². The normalized spacial score (nSPS) is 14.9. The molecule has 1 fully saturated rings. The fourth-order valence-electron chi connectivity index (χ4n) is 3.39. The van der Waals surface area contributed by atoms with Gasteiger partial charge in [0, 0.05) is 34.4 Å². The van der Waals surface area contributed by atoms with Gasteiger partial charge < -0.3 is 5.32 Å². The van der Waals surface area contributed by atoms with Crippen molar-refractivity contribution in [3.05, 3.63) is 57.2 Å². The standard InChI is InChI=1S/C18H17BrN4O2/c19-13-8-9-16-21-17(12-4-3-7-15(10-12)23(24)25)18(22(16)11-13)20-14-5-1-2-6-14/h3-4,7-11,14,20H,1-2,5-6H2. The van der Waals surface area contributed by atoms with Crippen molar-refractivity contribution in [1.82, 2.24) is 9.38 Å². The second-order valence-electron chi connectivity index (χ2n) is 6.32. The molecule has 128 valence electrons. The summed E-state index contributed by atoms with van der Waals surface area (Å²) < 4.78 is 2.97. The van der Waals surface area contributed by atoms with E-state index in [1.54, 1.807) is 12.1 Å². The van der Waals surface area contributed by atoms with Gasteiger partial charge >= 0.3 is 0 Å². The minimum absolute atomic E-state index is 0.0718. The Labute approximate surface area is 153 Å². The van der Waals surface area contributed by atoms with Crippen molar-refractivity contribution < 1.29 is 4.92 Å². The molecule has 6 nitrogen and oxygen atoms in total. The zero-order valence-electron chi connectivity index (χ0n) is 13.5. The minimum atomic E-state index is -0.375. The third kappa shape index (κ3) is 3.11. The lowest BCUT2D eigenvalue weighted by Crippen LogP contribution is -2.16. The number of benzene rings is 1. The molecule has 0 unspecified atom stereocenters. The number of rotatable bonds is 4. The molecule has 0 amide bonds. The number of nitro benzene ring substituents is 1. The molecular formula is C18H17BrN4O2. The van der Waals surface area contributed by atoms with Crippen LogP contribution in [0.15, 0.2) is 47.1 Å². The maximum absolute atomic E-state index is 11.1. The molecule has 0 spiro atoms. The van der Waals surface area contributed by atoms with Crippen molar-refractivity contribution in [3.8, 4) is 11.3 Å². The van der Waals surface area contributed by atoms with E-state index in [1.807, 2.05) is 28.8 Å². The molecule has 1 aliphatic carbocycles. The predicted molar refractivity (Wildman–Crippen MR) is 101 cm³/mol. The molecule has 0 saturated heterocycles. The number of nitro groups is 1. The fraction of sp³-hybridized carbons (Fsp3) is 0.278. The Morgan fingerprint density at radius 1 is 1.24 bits per heavy atom. The van der Waals surface area contributed by atoms with Crippen molar-refractivity contribution in [2.75, 3.05) is 5.32 Å². The van der Waals surface area contributed by atoms with Crippen LogP contribution in [0.2, 0.25) is 0 Å². The van der Waals surface area contributed by atoms with E-state index in [0.717, 1.165) is 40.0 Å². The molecule has 7 heteroatoms. The van der Waals surface area contributed by atoms with Crippen LogP contribution in [0.25, 0.3) is 16.9 Å². The first kappa shape index (κ1) is 16.1. The van der Waals surface area contributed by atoms with Crippen LogP contribution in [0.1, 0.15) is 25.7 Å². The zero-order valence-corrected chi connectivity index (χ0v) is 15.1. The van der Waals surface area contributed by atoms with E-state index in [1.165, 1.54) is 18.9 Å². The third-order valence-corrected chi connectivity index (χ3v) is 5.08. The third-order valence-electron chi connectivity index (χ3n) is 4.61. The molecule has 0 atom stereocenters. The van der Waals surface area contributed by atoms with Gasteiger partial charge in [0.2, 0.25) is 0 Å². The lowest BCUT2D eigenvalue weighted by molar-refractivity contribution is -0.384. The topological polar surface area (TPSA) is 72.5 Å². The largest absolute Gasteiger partial charge is 0.367 e. The molecular weight excluding hydrogens is 384 g/mol. The lowest BCUT2D eigenvalue weighted by atomic mass is 10.1. The summed E-state index contributed by atoms with van der Waals surface area (Å²) in [6, 6.07) is 10.9. The van der Waals surface area contributed by atoms with Gasteiger partial charge in [0.05, 0.1) is 4.92 Å². The smallest absolute Gasteiger partial charge is 0.270 e. The molecule has 2 heterocycles. The van der Waals surface area contributed by atoms with Gasteiger partial charge in [-0.3, -0.25) is 14.5 Å². The van der Waals surface area contributed by atoms with Crippen molar-refractivity contribution in [3.63, 3.8) is 0 Å². The summed E-state index contributed by atoms with van der Waals surface area (Å²) in [4.78, 5) is 15.5. The van der Waals surface area contributed by atoms with Gasteiger partial charge in [0.15, 0.2) is 0 Å². The van der Waals surface area contributed by atoms with Crippen molar-refractivity contribution in [2.24, 2.45) is 0 Å². The first-order valence-electron chi connectivity index (χ1n) is 8.31. The van der Waals surface area contributed by atoms with E-state index >= 15 is 0 Å². The van der Waals surface area contributed by atoms with E-state index in [4.69, 9.17) is 4.98 Å². The summed E-state index contributed by atoms with van der Waals surface area (Å²) in [6.07, 6.45) is 6.69. The van der Waals surface area contributed by atoms with Crippen LogP contribution in [0.5, 0.6) is 0 Å². The second kappa shape index (κ2) is 6.48. The monoisotopic (exact) mass is 400 g/mol. The summed E-state index contributed by atoms with van der Waals surface area (Å²) >= 11 is 3.51. The predicted octanol–water partition coefficient (Wildman–Crippen LogP) is 5.03. The lowest BCUT2D eigenvalue weighted by Gasteiger charge is -2.15. The number of non-ortho nitro benzene ring substituents is 1. The van der Waals surface area contributed by atoms with Crippen LogP contribution >= 0.6 is 15.9 Å². The number of aromatic nitrogens is 2. The van der Waals surface area contributed by atoms with Gasteiger partial charge in [-0.1, -0.05) is 25.0 Å². The molecule has 25 heavy (non-hydrogen) atoms. The Hall–Kier alpha value is -2.41. The number of imidazole rings is 1. The Kier molecular flexibility index (Phi) is 4.17. The average Bonchev–Trinajstić information content (AvgIpc) is 3.24. The van der Waals surface area contributed by atoms with Gasteiger partial charge in [-0.25, -0.2) is 4.98 Å². The van der Waals surface area contributed by atoms with Crippen molar-refractivity contribution in [2.45, 2.75) is 31.7 Å². The summed E-state index contributed by atoms with van der Waals surface area (Å²) in [5.41, 5.74) is 2.37. The van der Waals surface area contributed by atoms with E-state index < -0.39 is 0 Å². The number of halogens is 1. The second-order valence-corrected chi connectivity index (χ2v) is 7.23. The van der Waals surface area contributed by atoms with E-state index in [9.17, 15) is 10.1 Å². The Morgan fingerprint density at radius 3 is 2.80 bits per heavy atom. The van der Waals surface area contributed by atoms with Gasteiger partial charge in [-0.15, -0.1) is 0 Å². The molecule has 1 N–H and O–H groups in total. The quantitative estimate of drug-likeness (QED) is 0.492. The van der Waals surface area contributed by atoms with Crippen LogP contribution in [-0.4, -0.2) is 20.3 Å². The summed E-state index contributed by atoms with van der Waals surface area (Å²) in [7, 11) is 0. The van der Waals surface area contributed by atoms with Crippen LogP contribution in [0.4, 0.5) is 11.5 Å². The van der Waals surface area contributed by atoms with Crippen molar-refractivity contribution in [1.29, 1.82) is 0 Å². The molecule has 2 aromatic heterocycles. The van der Waals surface area contributed by atoms with Crippen LogP contribution in [-0.2, 0) is 0 Å². The summed E-state index contributed by atoms with van der Waals surface area (Å²) in [5, 5.41) is 14.7. The van der Waals surface area contributed by atoms with Crippen LogP contribution < -0.4 is 5.32 Å². The molecule has 0 radical (unpaired) electrons. The molecule has 1 aromatic carbocycles.